The molecule has 0 aliphatic carbocycles. The zero-order valence-electron chi connectivity index (χ0n) is 10.7. The van der Waals surface area contributed by atoms with Crippen molar-refractivity contribution in [3.8, 4) is 0 Å². The number of nitrogens with zero attached hydrogens (tertiary/aromatic N) is 1. The number of nitrogens with one attached hydrogen (secondary N) is 2. The van der Waals surface area contributed by atoms with Gasteiger partial charge in [-0.25, -0.2) is 5.43 Å². The highest BCUT2D eigenvalue weighted by atomic mass is 35.5. The Hall–Kier alpha value is -1.76. The topological polar surface area (TPSA) is 62.1 Å². The molecule has 0 bridgehead atoms. The molecule has 0 atom stereocenters. The first-order valence-corrected chi connectivity index (χ1v) is 7.04. The quantitative estimate of drug-likeness (QED) is 0.499. The van der Waals surface area contributed by atoms with Crippen LogP contribution in [0.5, 0.6) is 0 Å². The highest BCUT2D eigenvalue weighted by molar-refractivity contribution is 7.18. The Balaban J connectivity index is 2.12. The van der Waals surface area contributed by atoms with Crippen LogP contribution in [-0.4, -0.2) is 18.7 Å². The zero-order chi connectivity index (χ0) is 14.5. The lowest BCUT2D eigenvalue weighted by atomic mass is 10.2. The van der Waals surface area contributed by atoms with Crippen LogP contribution in [0.1, 0.15) is 20.0 Å². The molecule has 0 aliphatic rings. The van der Waals surface area contributed by atoms with Gasteiger partial charge >= 0.3 is 0 Å². The highest BCUT2D eigenvalue weighted by Crippen LogP contribution is 2.21. The van der Waals surface area contributed by atoms with Gasteiger partial charge in [-0.1, -0.05) is 11.6 Å². The van der Waals surface area contributed by atoms with E-state index < -0.39 is 0 Å². The van der Waals surface area contributed by atoms with Crippen LogP contribution in [0.3, 0.4) is 0 Å². The zero-order valence-corrected chi connectivity index (χ0v) is 12.3. The van der Waals surface area contributed by atoms with Crippen molar-refractivity contribution in [2.24, 2.45) is 0 Å². The number of thiophene rings is 1. The van der Waals surface area contributed by atoms with Crippen LogP contribution in [0.2, 0.25) is 4.34 Å². The van der Waals surface area contributed by atoms with E-state index in [-0.39, 0.29) is 18.2 Å². The van der Waals surface area contributed by atoms with Crippen LogP contribution in [0.25, 0.3) is 0 Å². The van der Waals surface area contributed by atoms with Crippen LogP contribution in [0.15, 0.2) is 36.7 Å². The molecule has 2 heterocycles. The van der Waals surface area contributed by atoms with Crippen molar-refractivity contribution in [2.75, 3.05) is 7.05 Å². The first-order valence-electron chi connectivity index (χ1n) is 5.85. The van der Waals surface area contributed by atoms with E-state index in [2.05, 4.69) is 10.9 Å². The number of amides is 1. The normalized spacial score (nSPS) is 10.3. The minimum atomic E-state index is -0.256. The third-order valence-electron chi connectivity index (χ3n) is 2.53. The maximum Gasteiger partial charge on any atom is 0.271 e. The summed E-state index contributed by atoms with van der Waals surface area (Å²) in [7, 11) is 1.61. The van der Waals surface area contributed by atoms with Crippen molar-refractivity contribution in [3.05, 3.63) is 51.4 Å². The van der Waals surface area contributed by atoms with Gasteiger partial charge in [0.2, 0.25) is 12.3 Å². The van der Waals surface area contributed by atoms with Gasteiger partial charge in [0.15, 0.2) is 12.4 Å². The fraction of sp³-hybridized carbons (Fsp3) is 0.154. The summed E-state index contributed by atoms with van der Waals surface area (Å²) in [5.41, 5.74) is 5.51. The second-order valence-electron chi connectivity index (χ2n) is 4.00. The van der Waals surface area contributed by atoms with E-state index in [0.29, 0.717) is 14.8 Å². The third kappa shape index (κ3) is 3.63. The Bertz CT molecular complexity index is 642. The number of rotatable bonds is 5. The van der Waals surface area contributed by atoms with Gasteiger partial charge in [-0.15, -0.1) is 11.3 Å². The Morgan fingerprint density at radius 2 is 2.15 bits per heavy atom. The van der Waals surface area contributed by atoms with E-state index in [1.54, 1.807) is 48.3 Å². The summed E-state index contributed by atoms with van der Waals surface area (Å²) in [5.74, 6) is -0.299. The molecule has 0 radical (unpaired) electrons. The number of carbonyl (C=O) groups excluding carboxylic acids is 2. The number of pyridine rings is 1. The Morgan fingerprint density at radius 3 is 2.80 bits per heavy atom. The first kappa shape index (κ1) is 14.6. The van der Waals surface area contributed by atoms with E-state index in [0.717, 1.165) is 0 Å². The van der Waals surface area contributed by atoms with Gasteiger partial charge in [0, 0.05) is 13.1 Å². The molecule has 104 valence electrons. The van der Waals surface area contributed by atoms with Crippen LogP contribution < -0.4 is 15.4 Å². The van der Waals surface area contributed by atoms with Crippen molar-refractivity contribution in [2.45, 2.75) is 6.54 Å². The molecule has 0 unspecified atom stereocenters. The fourth-order valence-corrected chi connectivity index (χ4v) is 2.62. The molecule has 0 aromatic carbocycles. The van der Waals surface area contributed by atoms with Crippen molar-refractivity contribution >= 4 is 34.6 Å². The summed E-state index contributed by atoms with van der Waals surface area (Å²) in [6.45, 7) is 0.164. The number of halogens is 1. The van der Waals surface area contributed by atoms with Crippen LogP contribution in [0, 0.1) is 0 Å². The fourth-order valence-electron chi connectivity index (χ4n) is 1.65. The van der Waals surface area contributed by atoms with Crippen LogP contribution >= 0.6 is 22.9 Å². The molecular weight excluding hydrogens is 298 g/mol. The van der Waals surface area contributed by atoms with Gasteiger partial charge in [-0.05, 0) is 18.2 Å². The second-order valence-corrected chi connectivity index (χ2v) is 5.71. The SMILES string of the molecule is CNNC(=O)c1ccc[n+](CC(=O)c2ccc(Cl)s2)c1. The number of hydrazine groups is 1. The molecule has 2 N–H and O–H groups in total. The Morgan fingerprint density at radius 1 is 1.35 bits per heavy atom. The minimum Gasteiger partial charge on any atom is -0.288 e. The number of carbonyl (C=O) groups is 2. The lowest BCUT2D eigenvalue weighted by Gasteiger charge is -2.01. The largest absolute Gasteiger partial charge is 0.288 e. The molecule has 2 rings (SSSR count). The second kappa shape index (κ2) is 6.60. The summed E-state index contributed by atoms with van der Waals surface area (Å²) in [5, 5.41) is 0. The van der Waals surface area contributed by atoms with Gasteiger partial charge in [0.05, 0.1) is 9.21 Å². The van der Waals surface area contributed by atoms with E-state index in [1.165, 1.54) is 11.3 Å². The maximum atomic E-state index is 12.1. The van der Waals surface area contributed by atoms with Crippen LogP contribution in [-0.2, 0) is 6.54 Å². The van der Waals surface area contributed by atoms with Gasteiger partial charge in [0.25, 0.3) is 5.91 Å². The Kier molecular flexibility index (Phi) is 4.84. The Labute approximate surface area is 125 Å². The number of Topliss-reactive ketones (excluding diaryl/α,β-unsaturated/α-hetero) is 1. The lowest BCUT2D eigenvalue weighted by Crippen LogP contribution is -2.40. The van der Waals surface area contributed by atoms with Gasteiger partial charge in [-0.2, -0.15) is 4.57 Å². The average molecular weight is 311 g/mol. The van der Waals surface area contributed by atoms with E-state index in [9.17, 15) is 9.59 Å². The molecule has 20 heavy (non-hydrogen) atoms. The smallest absolute Gasteiger partial charge is 0.271 e. The minimum absolute atomic E-state index is 0.0434. The standard InChI is InChI=1S/C13H12ClN3O2S/c1-15-16-13(19)9-3-2-6-17(7-9)8-10(18)11-4-5-12(14)20-11/h2-7,15H,8H2,1H3/p+1. The summed E-state index contributed by atoms with van der Waals surface area (Å²) in [4.78, 5) is 24.3. The summed E-state index contributed by atoms with van der Waals surface area (Å²) < 4.78 is 2.25. The number of aromatic nitrogens is 1. The molecule has 0 spiro atoms. The van der Waals surface area contributed by atoms with Crippen molar-refractivity contribution < 1.29 is 14.2 Å². The molecule has 5 nitrogen and oxygen atoms in total. The molecular formula is C13H13ClN3O2S+. The van der Waals surface area contributed by atoms with Crippen LogP contribution in [0.4, 0.5) is 0 Å². The predicted octanol–water partition coefficient (Wildman–Crippen LogP) is 1.44. The molecule has 2 aromatic rings. The molecule has 2 aromatic heterocycles. The molecule has 0 saturated carbocycles. The van der Waals surface area contributed by atoms with Crippen molar-refractivity contribution in [1.29, 1.82) is 0 Å². The molecule has 1 amide bonds. The lowest BCUT2D eigenvalue weighted by molar-refractivity contribution is -0.683. The summed E-state index contributed by atoms with van der Waals surface area (Å²) in [6, 6.07) is 6.79. The number of ketones is 1. The van der Waals surface area contributed by atoms with Gasteiger partial charge < -0.3 is 0 Å². The van der Waals surface area contributed by atoms with E-state index in [1.807, 2.05) is 0 Å². The first-order chi connectivity index (χ1) is 9.60. The van der Waals surface area contributed by atoms with Gasteiger partial charge in [0.1, 0.15) is 5.56 Å². The highest BCUT2D eigenvalue weighted by Gasteiger charge is 2.16. The number of hydrogen-bond donors (Lipinski definition) is 2. The molecule has 0 fully saturated rings. The van der Waals surface area contributed by atoms with Gasteiger partial charge in [-0.3, -0.25) is 15.0 Å². The monoisotopic (exact) mass is 310 g/mol. The summed E-state index contributed by atoms with van der Waals surface area (Å²) >= 11 is 7.06. The average Bonchev–Trinajstić information content (AvgIpc) is 2.86. The van der Waals surface area contributed by atoms with E-state index in [4.69, 9.17) is 11.6 Å². The van der Waals surface area contributed by atoms with Crippen molar-refractivity contribution in [1.82, 2.24) is 10.9 Å². The maximum absolute atomic E-state index is 12.1. The van der Waals surface area contributed by atoms with Crippen molar-refractivity contribution in [3.63, 3.8) is 0 Å². The predicted molar refractivity (Wildman–Crippen MR) is 76.8 cm³/mol. The van der Waals surface area contributed by atoms with E-state index >= 15 is 0 Å². The molecule has 0 aliphatic heterocycles. The summed E-state index contributed by atoms with van der Waals surface area (Å²) in [6.07, 6.45) is 3.36. The third-order valence-corrected chi connectivity index (χ3v) is 3.81. The molecule has 7 heteroatoms. The molecule has 0 saturated heterocycles. The number of hydrogen-bond acceptors (Lipinski definition) is 4.